The molecule has 3 rings (SSSR count). The zero-order valence-electron chi connectivity index (χ0n) is 22.7. The number of carbonyl (C=O) groups is 1. The second-order valence-electron chi connectivity index (χ2n) is 11.9. The molecule has 206 valence electrons. The number of imidazole rings is 1. The van der Waals surface area contributed by atoms with Gasteiger partial charge >= 0.3 is 6.09 Å². The Bertz CT molecular complexity index is 1120. The fourth-order valence-electron chi connectivity index (χ4n) is 4.22. The Kier molecular flexibility index (Phi) is 8.61. The summed E-state index contributed by atoms with van der Waals surface area (Å²) >= 11 is -1.34. The highest BCUT2D eigenvalue weighted by molar-refractivity contribution is 7.90. The van der Waals surface area contributed by atoms with E-state index in [1.807, 2.05) is 33.8 Å². The summed E-state index contributed by atoms with van der Waals surface area (Å²) in [5, 5.41) is 7.34. The van der Waals surface area contributed by atoms with E-state index in [0.29, 0.717) is 11.3 Å². The Balaban J connectivity index is 1.93. The number of halogens is 2. The lowest BCUT2D eigenvalue weighted by atomic mass is 9.81. The zero-order chi connectivity index (χ0) is 27.8. The minimum absolute atomic E-state index is 0.226. The summed E-state index contributed by atoms with van der Waals surface area (Å²) < 4.78 is 50.2. The van der Waals surface area contributed by atoms with Gasteiger partial charge in [-0.2, -0.15) is 5.10 Å². The van der Waals surface area contributed by atoms with Crippen molar-refractivity contribution in [2.24, 2.45) is 5.92 Å². The van der Waals surface area contributed by atoms with E-state index in [0.717, 1.165) is 11.1 Å². The number of hydrogen-bond acceptors (Lipinski definition) is 6. The number of amides is 1. The van der Waals surface area contributed by atoms with Gasteiger partial charge in [-0.1, -0.05) is 12.2 Å². The van der Waals surface area contributed by atoms with Gasteiger partial charge in [0.15, 0.2) is 5.65 Å². The second kappa shape index (κ2) is 10.9. The molecule has 1 saturated carbocycles. The van der Waals surface area contributed by atoms with Gasteiger partial charge in [0.25, 0.3) is 0 Å². The summed E-state index contributed by atoms with van der Waals surface area (Å²) in [4.78, 5) is 17.4. The van der Waals surface area contributed by atoms with Crippen molar-refractivity contribution >= 4 is 23.1 Å². The van der Waals surface area contributed by atoms with Crippen LogP contribution in [0.25, 0.3) is 5.65 Å². The average Bonchev–Trinajstić information content (AvgIpc) is 3.16. The largest absolute Gasteiger partial charge is 0.598 e. The standard InChI is InChI=1S/C26H39F2N5O3S/c1-16(2)21(32-37(35)25(6,7)8)18-13-20-30-19(15-33(20)29-14-18)22(31-23(34)36-24(3,4)5)17-9-11-26(27,28)12-10-17/h13-15,17,21-22,32H,1,9-12H2,2-8H3,(H,31,34)/t21-,22+,37?/m1/s1. The van der Waals surface area contributed by atoms with Crippen molar-refractivity contribution < 1.29 is 22.9 Å². The van der Waals surface area contributed by atoms with E-state index in [2.05, 4.69) is 21.7 Å². The molecule has 0 saturated heterocycles. The Morgan fingerprint density at radius 3 is 2.43 bits per heavy atom. The smallest absolute Gasteiger partial charge is 0.408 e. The Labute approximate surface area is 220 Å². The highest BCUT2D eigenvalue weighted by atomic mass is 32.2. The zero-order valence-corrected chi connectivity index (χ0v) is 23.5. The lowest BCUT2D eigenvalue weighted by molar-refractivity contribution is -0.0500. The molecule has 1 amide bonds. The van der Waals surface area contributed by atoms with Crippen molar-refractivity contribution in [3.63, 3.8) is 0 Å². The van der Waals surface area contributed by atoms with Crippen LogP contribution in [-0.4, -0.2) is 41.5 Å². The summed E-state index contributed by atoms with van der Waals surface area (Å²) in [7, 11) is 0. The van der Waals surface area contributed by atoms with Crippen LogP contribution in [0.4, 0.5) is 13.6 Å². The van der Waals surface area contributed by atoms with Crippen molar-refractivity contribution in [1.82, 2.24) is 24.6 Å². The third kappa shape index (κ3) is 7.87. The molecule has 0 aliphatic heterocycles. The maximum absolute atomic E-state index is 13.9. The number of alkyl halides is 2. The van der Waals surface area contributed by atoms with Gasteiger partial charge in [-0.15, -0.1) is 4.72 Å². The normalized spacial score (nSPS) is 19.3. The molecule has 8 nitrogen and oxygen atoms in total. The van der Waals surface area contributed by atoms with E-state index in [1.54, 1.807) is 37.7 Å². The number of nitrogens with one attached hydrogen (secondary N) is 2. The molecule has 0 spiro atoms. The van der Waals surface area contributed by atoms with Crippen molar-refractivity contribution in [3.8, 4) is 0 Å². The van der Waals surface area contributed by atoms with Gasteiger partial charge in [-0.3, -0.25) is 0 Å². The first-order valence-electron chi connectivity index (χ1n) is 12.5. The molecule has 3 atom stereocenters. The minimum Gasteiger partial charge on any atom is -0.598 e. The average molecular weight is 540 g/mol. The van der Waals surface area contributed by atoms with Gasteiger partial charge in [-0.25, -0.2) is 23.1 Å². The number of carbonyl (C=O) groups excluding carboxylic acids is 1. The maximum Gasteiger partial charge on any atom is 0.408 e. The van der Waals surface area contributed by atoms with Gasteiger partial charge in [0, 0.05) is 29.8 Å². The quantitative estimate of drug-likeness (QED) is 0.341. The highest BCUT2D eigenvalue weighted by Gasteiger charge is 2.40. The van der Waals surface area contributed by atoms with Crippen LogP contribution in [0.1, 0.15) is 97.5 Å². The van der Waals surface area contributed by atoms with Crippen molar-refractivity contribution in [2.75, 3.05) is 0 Å². The third-order valence-electron chi connectivity index (χ3n) is 6.19. The highest BCUT2D eigenvalue weighted by Crippen LogP contribution is 2.41. The molecular weight excluding hydrogens is 500 g/mol. The molecule has 1 aliphatic rings. The molecule has 37 heavy (non-hydrogen) atoms. The van der Waals surface area contributed by atoms with Crippen LogP contribution >= 0.6 is 0 Å². The van der Waals surface area contributed by atoms with Gasteiger partial charge in [0.1, 0.15) is 10.3 Å². The number of rotatable bonds is 7. The summed E-state index contributed by atoms with van der Waals surface area (Å²) in [5.74, 6) is -2.92. The number of nitrogens with zero attached hydrogens (tertiary/aromatic N) is 3. The van der Waals surface area contributed by atoms with Crippen LogP contribution in [0, 0.1) is 5.92 Å². The predicted octanol–water partition coefficient (Wildman–Crippen LogP) is 5.79. The predicted molar refractivity (Wildman–Crippen MR) is 141 cm³/mol. The number of aromatic nitrogens is 3. The fraction of sp³-hybridized carbons (Fsp3) is 0.654. The number of hydrogen-bond donors (Lipinski definition) is 2. The van der Waals surface area contributed by atoms with Crippen LogP contribution in [0.15, 0.2) is 30.6 Å². The van der Waals surface area contributed by atoms with E-state index in [1.165, 1.54) is 0 Å². The molecule has 2 aromatic heterocycles. The van der Waals surface area contributed by atoms with E-state index < -0.39 is 45.8 Å². The van der Waals surface area contributed by atoms with Crippen LogP contribution < -0.4 is 10.0 Å². The number of ether oxygens (including phenoxy) is 1. The topological polar surface area (TPSA) is 104 Å². The molecule has 11 heteroatoms. The molecule has 2 N–H and O–H groups in total. The molecule has 0 bridgehead atoms. The first-order valence-corrected chi connectivity index (χ1v) is 13.7. The molecule has 0 radical (unpaired) electrons. The van der Waals surface area contributed by atoms with Gasteiger partial charge in [-0.05, 0) is 73.3 Å². The van der Waals surface area contributed by atoms with Crippen LogP contribution in [0.5, 0.6) is 0 Å². The molecule has 0 aromatic carbocycles. The van der Waals surface area contributed by atoms with E-state index >= 15 is 0 Å². The van der Waals surface area contributed by atoms with Crippen molar-refractivity contribution in [3.05, 3.63) is 41.9 Å². The van der Waals surface area contributed by atoms with Crippen molar-refractivity contribution in [2.45, 2.75) is 103 Å². The fourth-order valence-corrected chi connectivity index (χ4v) is 5.12. The summed E-state index contributed by atoms with van der Waals surface area (Å²) in [6, 6.07) is 0.802. The molecule has 2 heterocycles. The monoisotopic (exact) mass is 539 g/mol. The molecule has 2 aromatic rings. The summed E-state index contributed by atoms with van der Waals surface area (Å²) in [6.07, 6.45) is 2.75. The lowest BCUT2D eigenvalue weighted by Gasteiger charge is -2.33. The molecule has 1 aliphatic carbocycles. The van der Waals surface area contributed by atoms with Gasteiger partial charge < -0.3 is 14.6 Å². The van der Waals surface area contributed by atoms with Gasteiger partial charge in [0.05, 0.1) is 30.2 Å². The van der Waals surface area contributed by atoms with E-state index in [-0.39, 0.29) is 31.6 Å². The second-order valence-corrected chi connectivity index (χ2v) is 13.9. The van der Waals surface area contributed by atoms with Crippen LogP contribution in [0.3, 0.4) is 0 Å². The van der Waals surface area contributed by atoms with E-state index in [9.17, 15) is 18.1 Å². The molecule has 1 unspecified atom stereocenters. The SMILES string of the molecule is C=C(C)[C@@H](N[S+]([O-])C(C)(C)C)c1cnn2cc([C@@H](NC(=O)OC(C)(C)C)C3CCC(F)(F)CC3)nc2c1. The Hall–Kier alpha value is -2.24. The van der Waals surface area contributed by atoms with Crippen molar-refractivity contribution in [1.29, 1.82) is 0 Å². The molecule has 1 fully saturated rings. The third-order valence-corrected chi connectivity index (χ3v) is 7.75. The van der Waals surface area contributed by atoms with Crippen LogP contribution in [-0.2, 0) is 16.1 Å². The first-order chi connectivity index (χ1) is 16.9. The number of alkyl carbamates (subject to hydrolysis) is 1. The Morgan fingerprint density at radius 2 is 1.89 bits per heavy atom. The lowest BCUT2D eigenvalue weighted by Crippen LogP contribution is -2.41. The molecular formula is C26H39F2N5O3S. The maximum atomic E-state index is 13.9. The summed E-state index contributed by atoms with van der Waals surface area (Å²) in [6.45, 7) is 16.8. The number of fused-ring (bicyclic) bond motifs is 1. The Morgan fingerprint density at radius 1 is 1.27 bits per heavy atom. The van der Waals surface area contributed by atoms with E-state index in [4.69, 9.17) is 9.72 Å². The first kappa shape index (κ1) is 29.3. The van der Waals surface area contributed by atoms with Crippen LogP contribution in [0.2, 0.25) is 0 Å². The minimum atomic E-state index is -2.69. The summed E-state index contributed by atoms with van der Waals surface area (Å²) in [5.41, 5.74) is 1.83. The van der Waals surface area contributed by atoms with Gasteiger partial charge in [0.2, 0.25) is 5.92 Å².